The van der Waals surface area contributed by atoms with Crippen LogP contribution in [0.5, 0.6) is 0 Å². The maximum absolute atomic E-state index is 2.31. The number of hydrogen-bond donors (Lipinski definition) is 0. The van der Waals surface area contributed by atoms with Gasteiger partial charge in [-0.2, -0.15) is 0 Å². The van der Waals surface area contributed by atoms with Crippen LogP contribution in [0.4, 0.5) is 0 Å². The lowest BCUT2D eigenvalue weighted by molar-refractivity contribution is 0.151. The molecule has 0 heterocycles. The standard InChI is InChI=1S/C10H20.C3H8/c1-3-5-9-7-8-10(9)6-4-2;1-3-2/h9-10H,3-8H2,1-2H3;3H2,1-2H3. The zero-order valence-corrected chi connectivity index (χ0v) is 10.1. The summed E-state index contributed by atoms with van der Waals surface area (Å²) in [7, 11) is 0. The molecule has 2 unspecified atom stereocenters. The molecule has 0 heteroatoms. The van der Waals surface area contributed by atoms with Gasteiger partial charge >= 0.3 is 0 Å². The molecule has 80 valence electrons. The lowest BCUT2D eigenvalue weighted by Gasteiger charge is -2.36. The summed E-state index contributed by atoms with van der Waals surface area (Å²) in [5.74, 6) is 2.23. The van der Waals surface area contributed by atoms with Crippen molar-refractivity contribution in [3.8, 4) is 0 Å². The van der Waals surface area contributed by atoms with E-state index in [-0.39, 0.29) is 0 Å². The van der Waals surface area contributed by atoms with Crippen molar-refractivity contribution in [2.45, 2.75) is 72.6 Å². The van der Waals surface area contributed by atoms with Crippen LogP contribution in [0.1, 0.15) is 72.6 Å². The second kappa shape index (κ2) is 8.59. The van der Waals surface area contributed by atoms with Crippen LogP contribution in [0.25, 0.3) is 0 Å². The summed E-state index contributed by atoms with van der Waals surface area (Å²) in [5, 5.41) is 0. The van der Waals surface area contributed by atoms with Crippen LogP contribution in [0.15, 0.2) is 0 Å². The quantitative estimate of drug-likeness (QED) is 0.575. The van der Waals surface area contributed by atoms with Gasteiger partial charge in [0.05, 0.1) is 0 Å². The van der Waals surface area contributed by atoms with Crippen LogP contribution in [0.3, 0.4) is 0 Å². The molecule has 0 radical (unpaired) electrons. The molecule has 1 rings (SSSR count). The topological polar surface area (TPSA) is 0 Å². The molecule has 1 fully saturated rings. The van der Waals surface area contributed by atoms with Crippen molar-refractivity contribution in [3.63, 3.8) is 0 Å². The van der Waals surface area contributed by atoms with E-state index in [0.29, 0.717) is 0 Å². The molecule has 13 heavy (non-hydrogen) atoms. The molecule has 1 aliphatic carbocycles. The Morgan fingerprint density at radius 1 is 0.769 bits per heavy atom. The highest BCUT2D eigenvalue weighted by molar-refractivity contribution is 4.79. The summed E-state index contributed by atoms with van der Waals surface area (Å²) in [5.41, 5.74) is 0. The Morgan fingerprint density at radius 2 is 1.08 bits per heavy atom. The first-order valence-corrected chi connectivity index (χ1v) is 6.29. The van der Waals surface area contributed by atoms with E-state index in [1.54, 1.807) is 0 Å². The van der Waals surface area contributed by atoms with Gasteiger partial charge in [0.15, 0.2) is 0 Å². The van der Waals surface area contributed by atoms with E-state index in [1.165, 1.54) is 44.9 Å². The van der Waals surface area contributed by atoms with E-state index in [1.807, 2.05) is 0 Å². The van der Waals surface area contributed by atoms with Gasteiger partial charge in [-0.05, 0) is 24.7 Å². The largest absolute Gasteiger partial charge is 0.0656 e. The fraction of sp³-hybridized carbons (Fsp3) is 1.00. The highest BCUT2D eigenvalue weighted by atomic mass is 14.3. The third kappa shape index (κ3) is 5.33. The fourth-order valence-corrected chi connectivity index (χ4v) is 2.14. The lowest BCUT2D eigenvalue weighted by atomic mass is 9.69. The van der Waals surface area contributed by atoms with Crippen molar-refractivity contribution < 1.29 is 0 Å². The van der Waals surface area contributed by atoms with Gasteiger partial charge in [-0.3, -0.25) is 0 Å². The minimum atomic E-state index is 1.12. The van der Waals surface area contributed by atoms with Crippen molar-refractivity contribution in [1.29, 1.82) is 0 Å². The van der Waals surface area contributed by atoms with Crippen molar-refractivity contribution >= 4 is 0 Å². The van der Waals surface area contributed by atoms with Crippen molar-refractivity contribution in [1.82, 2.24) is 0 Å². The molecule has 0 N–H and O–H groups in total. The lowest BCUT2D eigenvalue weighted by Crippen LogP contribution is -2.25. The van der Waals surface area contributed by atoms with E-state index < -0.39 is 0 Å². The molecule has 0 spiro atoms. The highest BCUT2D eigenvalue weighted by Crippen LogP contribution is 2.40. The Kier molecular flexibility index (Phi) is 8.59. The molecular formula is C13H28. The third-order valence-corrected chi connectivity index (χ3v) is 2.89. The van der Waals surface area contributed by atoms with Gasteiger partial charge in [-0.25, -0.2) is 0 Å². The van der Waals surface area contributed by atoms with Crippen molar-refractivity contribution in [2.75, 3.05) is 0 Å². The molecule has 0 nitrogen and oxygen atoms in total. The Hall–Kier alpha value is 0. The highest BCUT2D eigenvalue weighted by Gasteiger charge is 2.28. The van der Waals surface area contributed by atoms with E-state index >= 15 is 0 Å². The molecular weight excluding hydrogens is 156 g/mol. The molecule has 0 saturated heterocycles. The second-order valence-electron chi connectivity index (χ2n) is 4.38. The van der Waals surface area contributed by atoms with Crippen LogP contribution >= 0.6 is 0 Å². The van der Waals surface area contributed by atoms with Crippen molar-refractivity contribution in [3.05, 3.63) is 0 Å². The van der Waals surface area contributed by atoms with E-state index in [4.69, 9.17) is 0 Å². The predicted molar refractivity (Wildman–Crippen MR) is 62.0 cm³/mol. The molecule has 1 saturated carbocycles. The van der Waals surface area contributed by atoms with Crippen molar-refractivity contribution in [2.24, 2.45) is 11.8 Å². The first-order valence-electron chi connectivity index (χ1n) is 6.29. The van der Waals surface area contributed by atoms with E-state index in [2.05, 4.69) is 27.7 Å². The van der Waals surface area contributed by atoms with Crippen LogP contribution in [-0.4, -0.2) is 0 Å². The summed E-state index contributed by atoms with van der Waals surface area (Å²) in [6.07, 6.45) is 10.1. The second-order valence-corrected chi connectivity index (χ2v) is 4.38. The monoisotopic (exact) mass is 184 g/mol. The molecule has 2 atom stereocenters. The first kappa shape index (κ1) is 13.0. The minimum Gasteiger partial charge on any atom is -0.0656 e. The van der Waals surface area contributed by atoms with Crippen LogP contribution in [-0.2, 0) is 0 Å². The molecule has 0 amide bonds. The van der Waals surface area contributed by atoms with Gasteiger partial charge in [-0.1, -0.05) is 59.8 Å². The summed E-state index contributed by atoms with van der Waals surface area (Å²) in [4.78, 5) is 0. The average molecular weight is 184 g/mol. The molecule has 0 aliphatic heterocycles. The molecule has 0 aromatic rings. The van der Waals surface area contributed by atoms with Gasteiger partial charge < -0.3 is 0 Å². The molecule has 0 aromatic carbocycles. The zero-order valence-electron chi connectivity index (χ0n) is 10.1. The summed E-state index contributed by atoms with van der Waals surface area (Å²) >= 11 is 0. The zero-order chi connectivity index (χ0) is 10.1. The van der Waals surface area contributed by atoms with Crippen LogP contribution in [0, 0.1) is 11.8 Å². The van der Waals surface area contributed by atoms with Gasteiger partial charge in [-0.15, -0.1) is 0 Å². The summed E-state index contributed by atoms with van der Waals surface area (Å²) in [6.45, 7) is 8.86. The SMILES string of the molecule is CCC.CCCC1CCC1CCC. The van der Waals surface area contributed by atoms with E-state index in [9.17, 15) is 0 Å². The van der Waals surface area contributed by atoms with Gasteiger partial charge in [0.2, 0.25) is 0 Å². The Bertz CT molecular complexity index is 84.2. The Labute approximate surface area is 85.1 Å². The maximum Gasteiger partial charge on any atom is -0.0386 e. The Morgan fingerprint density at radius 3 is 1.23 bits per heavy atom. The van der Waals surface area contributed by atoms with Gasteiger partial charge in [0.1, 0.15) is 0 Å². The summed E-state index contributed by atoms with van der Waals surface area (Å²) < 4.78 is 0. The van der Waals surface area contributed by atoms with E-state index in [0.717, 1.165) is 11.8 Å². The fourth-order valence-electron chi connectivity index (χ4n) is 2.14. The average Bonchev–Trinajstić information content (AvgIpc) is 2.10. The molecule has 0 bridgehead atoms. The summed E-state index contributed by atoms with van der Waals surface area (Å²) in [6, 6.07) is 0. The molecule has 0 aromatic heterocycles. The number of rotatable bonds is 4. The molecule has 1 aliphatic rings. The smallest absolute Gasteiger partial charge is 0.0386 e. The predicted octanol–water partition coefficient (Wildman–Crippen LogP) is 5.03. The van der Waals surface area contributed by atoms with Gasteiger partial charge in [0.25, 0.3) is 0 Å². The van der Waals surface area contributed by atoms with Gasteiger partial charge in [0, 0.05) is 0 Å². The number of hydrogen-bond acceptors (Lipinski definition) is 0. The van der Waals surface area contributed by atoms with Crippen LogP contribution in [0.2, 0.25) is 0 Å². The Balaban J connectivity index is 0.000000424. The normalized spacial score (nSPS) is 25.8. The maximum atomic E-state index is 2.31. The van der Waals surface area contributed by atoms with Crippen LogP contribution < -0.4 is 0 Å². The first-order chi connectivity index (χ1) is 6.29. The third-order valence-electron chi connectivity index (χ3n) is 2.89. The minimum absolute atomic E-state index is 1.12.